The van der Waals surface area contributed by atoms with Crippen molar-refractivity contribution in [3.63, 3.8) is 0 Å². The lowest BCUT2D eigenvalue weighted by Crippen LogP contribution is -2.45. The van der Waals surface area contributed by atoms with E-state index in [2.05, 4.69) is 55.6 Å². The number of esters is 1. The molecule has 0 aliphatic carbocycles. The first-order chi connectivity index (χ1) is 38.0. The average molecular weight is 1080 g/mol. The molecule has 0 heterocycles. The van der Waals surface area contributed by atoms with Crippen LogP contribution in [0.1, 0.15) is 367 Å². The van der Waals surface area contributed by atoms with Gasteiger partial charge in [0.25, 0.3) is 0 Å². The lowest BCUT2D eigenvalue weighted by molar-refractivity contribution is -0.143. The number of ether oxygens (including phenoxy) is 1. The molecule has 6 nitrogen and oxygen atoms in total. The van der Waals surface area contributed by atoms with E-state index in [9.17, 15) is 19.8 Å². The Kier molecular flexibility index (Phi) is 64.5. The van der Waals surface area contributed by atoms with Crippen LogP contribution in [0.5, 0.6) is 0 Å². The molecule has 2 unspecified atom stereocenters. The molecule has 3 N–H and O–H groups in total. The molecular formula is C71H133NO5. The van der Waals surface area contributed by atoms with E-state index in [0.29, 0.717) is 19.4 Å². The Hall–Kier alpha value is -2.18. The zero-order valence-electron chi connectivity index (χ0n) is 51.7. The van der Waals surface area contributed by atoms with Crippen LogP contribution < -0.4 is 5.32 Å². The molecule has 0 aliphatic rings. The number of hydrogen-bond acceptors (Lipinski definition) is 5. The fourth-order valence-corrected chi connectivity index (χ4v) is 10.5. The molecule has 0 fully saturated rings. The Morgan fingerprint density at radius 2 is 0.649 bits per heavy atom. The third-order valence-corrected chi connectivity index (χ3v) is 15.8. The summed E-state index contributed by atoms with van der Waals surface area (Å²) in [4.78, 5) is 24.6. The van der Waals surface area contributed by atoms with Crippen LogP contribution in [-0.4, -0.2) is 47.4 Å². The minimum absolute atomic E-state index is 0.00837. The molecule has 1 amide bonds. The minimum Gasteiger partial charge on any atom is -0.466 e. The summed E-state index contributed by atoms with van der Waals surface area (Å²) in [5.74, 6) is -0.0578. The molecule has 0 radical (unpaired) electrons. The number of nitrogens with one attached hydrogen (secondary N) is 1. The van der Waals surface area contributed by atoms with E-state index in [1.165, 1.54) is 289 Å². The largest absolute Gasteiger partial charge is 0.466 e. The van der Waals surface area contributed by atoms with E-state index >= 15 is 0 Å². The van der Waals surface area contributed by atoms with Crippen LogP contribution in [0.4, 0.5) is 0 Å². The van der Waals surface area contributed by atoms with Gasteiger partial charge in [0.2, 0.25) is 5.91 Å². The van der Waals surface area contributed by atoms with E-state index in [0.717, 1.165) is 51.4 Å². The predicted molar refractivity (Wildman–Crippen MR) is 338 cm³/mol. The smallest absolute Gasteiger partial charge is 0.305 e. The van der Waals surface area contributed by atoms with Gasteiger partial charge < -0.3 is 20.3 Å². The van der Waals surface area contributed by atoms with Gasteiger partial charge in [-0.1, -0.05) is 313 Å². The van der Waals surface area contributed by atoms with Crippen LogP contribution in [0.2, 0.25) is 0 Å². The number of hydrogen-bond donors (Lipinski definition) is 3. The molecule has 0 spiro atoms. The Balaban J connectivity index is 3.38. The fourth-order valence-electron chi connectivity index (χ4n) is 10.5. The second kappa shape index (κ2) is 66.3. The van der Waals surface area contributed by atoms with Crippen molar-refractivity contribution >= 4 is 11.9 Å². The SMILES string of the molecule is CCCCC/C=C\C/C=C\CCCCCCCCCC(=O)OCCCCCCCCCCCCCC/C=C\CCCCCCCCCCCCCCCC(=O)NC(CO)C(O)/C=C/CCCCCCCCCCCCCC. The fraction of sp³-hybridized carbons (Fsp3) is 0.859. The summed E-state index contributed by atoms with van der Waals surface area (Å²) in [6, 6.07) is -0.627. The highest BCUT2D eigenvalue weighted by molar-refractivity contribution is 5.76. The molecule has 2 atom stereocenters. The third kappa shape index (κ3) is 62.9. The van der Waals surface area contributed by atoms with Gasteiger partial charge >= 0.3 is 5.97 Å². The monoisotopic (exact) mass is 1080 g/mol. The molecule has 0 bridgehead atoms. The summed E-state index contributed by atoms with van der Waals surface area (Å²) in [6.07, 6.45) is 86.1. The lowest BCUT2D eigenvalue weighted by Gasteiger charge is -2.20. The summed E-state index contributed by atoms with van der Waals surface area (Å²) in [5, 5.41) is 23.1. The maximum absolute atomic E-state index is 12.5. The first-order valence-electron chi connectivity index (χ1n) is 34.4. The molecule has 0 aromatic heterocycles. The van der Waals surface area contributed by atoms with Crippen LogP contribution in [-0.2, 0) is 14.3 Å². The standard InChI is InChI=1S/C71H133NO5/c1-3-5-7-9-11-13-15-17-19-33-37-41-45-49-53-57-61-65-71(76)77-66-62-58-54-50-46-42-38-35-32-30-28-26-24-22-20-21-23-25-27-29-31-34-36-40-44-48-52-56-60-64-70(75)72-68(67-73)69(74)63-59-55-51-47-43-39-18-16-14-12-10-8-6-4-2/h11,13,17,19-20,22,59,63,68-69,73-74H,3-10,12,14-16,18,21,23-58,60-62,64-67H2,1-2H3,(H,72,75)/b13-11-,19-17-,22-20-,63-59+. The number of rotatable bonds is 64. The Morgan fingerprint density at radius 3 is 1.03 bits per heavy atom. The molecule has 0 aromatic rings. The van der Waals surface area contributed by atoms with Gasteiger partial charge in [0.15, 0.2) is 0 Å². The van der Waals surface area contributed by atoms with Crippen molar-refractivity contribution in [2.75, 3.05) is 13.2 Å². The van der Waals surface area contributed by atoms with E-state index in [-0.39, 0.29) is 18.5 Å². The molecule has 0 aromatic carbocycles. The highest BCUT2D eigenvalue weighted by atomic mass is 16.5. The normalized spacial score (nSPS) is 12.8. The molecule has 6 heteroatoms. The van der Waals surface area contributed by atoms with Gasteiger partial charge in [-0.2, -0.15) is 0 Å². The van der Waals surface area contributed by atoms with Crippen molar-refractivity contribution in [3.8, 4) is 0 Å². The topological polar surface area (TPSA) is 95.9 Å². The molecule has 77 heavy (non-hydrogen) atoms. The molecule has 0 aliphatic heterocycles. The maximum atomic E-state index is 12.5. The van der Waals surface area contributed by atoms with E-state index in [4.69, 9.17) is 4.74 Å². The maximum Gasteiger partial charge on any atom is 0.305 e. The number of unbranched alkanes of at least 4 members (excludes halogenated alkanes) is 47. The summed E-state index contributed by atoms with van der Waals surface area (Å²) < 4.78 is 5.50. The zero-order chi connectivity index (χ0) is 55.7. The molecule has 0 saturated carbocycles. The molecule has 0 saturated heterocycles. The lowest BCUT2D eigenvalue weighted by atomic mass is 10.0. The average Bonchev–Trinajstić information content (AvgIpc) is 3.43. The number of allylic oxidation sites excluding steroid dienone is 7. The summed E-state index contributed by atoms with van der Waals surface area (Å²) >= 11 is 0. The van der Waals surface area contributed by atoms with E-state index in [1.54, 1.807) is 6.08 Å². The zero-order valence-corrected chi connectivity index (χ0v) is 51.7. The van der Waals surface area contributed by atoms with Gasteiger partial charge in [-0.05, 0) is 89.9 Å². The molecule has 0 rings (SSSR count). The number of amides is 1. The number of carbonyl (C=O) groups excluding carboxylic acids is 2. The molecule has 452 valence electrons. The van der Waals surface area contributed by atoms with Crippen LogP contribution >= 0.6 is 0 Å². The van der Waals surface area contributed by atoms with Crippen molar-refractivity contribution in [1.82, 2.24) is 5.32 Å². The van der Waals surface area contributed by atoms with Crippen molar-refractivity contribution < 1.29 is 24.5 Å². The minimum atomic E-state index is -0.844. The van der Waals surface area contributed by atoms with Crippen molar-refractivity contribution in [3.05, 3.63) is 48.6 Å². The van der Waals surface area contributed by atoms with Crippen LogP contribution in [0.15, 0.2) is 48.6 Å². The highest BCUT2D eigenvalue weighted by Crippen LogP contribution is 2.18. The van der Waals surface area contributed by atoms with Crippen molar-refractivity contribution in [2.45, 2.75) is 379 Å². The summed E-state index contributed by atoms with van der Waals surface area (Å²) in [5.41, 5.74) is 0. The quantitative estimate of drug-likeness (QED) is 0.0320. The Labute approximate surface area is 480 Å². The van der Waals surface area contributed by atoms with Gasteiger partial charge in [-0.15, -0.1) is 0 Å². The number of carbonyl (C=O) groups is 2. The second-order valence-corrected chi connectivity index (χ2v) is 23.5. The van der Waals surface area contributed by atoms with Gasteiger partial charge in [0, 0.05) is 12.8 Å². The van der Waals surface area contributed by atoms with Crippen molar-refractivity contribution in [2.24, 2.45) is 0 Å². The van der Waals surface area contributed by atoms with Gasteiger partial charge in [0.1, 0.15) is 0 Å². The number of aliphatic hydroxyl groups excluding tert-OH is 2. The first kappa shape index (κ1) is 74.8. The summed E-state index contributed by atoms with van der Waals surface area (Å²) in [6.45, 7) is 4.89. The third-order valence-electron chi connectivity index (χ3n) is 15.8. The Morgan fingerprint density at radius 1 is 0.364 bits per heavy atom. The first-order valence-corrected chi connectivity index (χ1v) is 34.4. The van der Waals surface area contributed by atoms with Gasteiger partial charge in [-0.3, -0.25) is 9.59 Å². The van der Waals surface area contributed by atoms with Crippen LogP contribution in [0, 0.1) is 0 Å². The Bertz CT molecular complexity index is 1290. The van der Waals surface area contributed by atoms with E-state index in [1.807, 2.05) is 6.08 Å². The van der Waals surface area contributed by atoms with E-state index < -0.39 is 12.1 Å². The molecular weight excluding hydrogens is 947 g/mol. The second-order valence-electron chi connectivity index (χ2n) is 23.5. The van der Waals surface area contributed by atoms with Crippen LogP contribution in [0.25, 0.3) is 0 Å². The predicted octanol–water partition coefficient (Wildman–Crippen LogP) is 22.1. The van der Waals surface area contributed by atoms with Gasteiger partial charge in [0.05, 0.1) is 25.4 Å². The highest BCUT2D eigenvalue weighted by Gasteiger charge is 2.18. The summed E-state index contributed by atoms with van der Waals surface area (Å²) in [7, 11) is 0. The van der Waals surface area contributed by atoms with Crippen LogP contribution in [0.3, 0.4) is 0 Å². The van der Waals surface area contributed by atoms with Gasteiger partial charge in [-0.25, -0.2) is 0 Å². The van der Waals surface area contributed by atoms with Crippen molar-refractivity contribution in [1.29, 1.82) is 0 Å². The number of aliphatic hydroxyl groups is 2.